The van der Waals surface area contributed by atoms with Crippen LogP contribution in [0.3, 0.4) is 0 Å². The van der Waals surface area contributed by atoms with Gasteiger partial charge in [0.15, 0.2) is 0 Å². The van der Waals surface area contributed by atoms with Crippen LogP contribution in [-0.4, -0.2) is 0 Å². The first-order chi connectivity index (χ1) is 27.1. The molecule has 55 heavy (non-hydrogen) atoms. The van der Waals surface area contributed by atoms with Crippen LogP contribution in [-0.2, 0) is 5.41 Å². The summed E-state index contributed by atoms with van der Waals surface area (Å²) >= 11 is 0. The largest absolute Gasteiger partial charge is 0.310 e. The lowest BCUT2D eigenvalue weighted by molar-refractivity contribution is 0.661. The molecule has 9 aromatic rings. The first-order valence-electron chi connectivity index (χ1n) is 19.1. The minimum atomic E-state index is -0.160. The Morgan fingerprint density at radius 1 is 0.327 bits per heavy atom. The second kappa shape index (κ2) is 13.2. The SMILES string of the molecule is CC1(C)c2ccccc2-c2cccc(N(c3ccc(-c4ccc(N(c5ccccc5)c5cccc6ccccc56)cc4)cc3)c3cccc4ccccc34)c21. The Morgan fingerprint density at radius 2 is 0.764 bits per heavy atom. The van der Waals surface area contributed by atoms with Gasteiger partial charge in [0, 0.05) is 33.2 Å². The van der Waals surface area contributed by atoms with Gasteiger partial charge in [0.1, 0.15) is 0 Å². The molecule has 0 fully saturated rings. The van der Waals surface area contributed by atoms with Gasteiger partial charge < -0.3 is 9.80 Å². The van der Waals surface area contributed by atoms with Gasteiger partial charge >= 0.3 is 0 Å². The third kappa shape index (κ3) is 5.49. The predicted molar refractivity (Wildman–Crippen MR) is 234 cm³/mol. The Labute approximate surface area is 323 Å². The summed E-state index contributed by atoms with van der Waals surface area (Å²) < 4.78 is 0. The van der Waals surface area contributed by atoms with Crippen molar-refractivity contribution in [1.29, 1.82) is 0 Å². The van der Waals surface area contributed by atoms with Crippen LogP contribution in [0.15, 0.2) is 206 Å². The van der Waals surface area contributed by atoms with Crippen molar-refractivity contribution in [3.8, 4) is 22.3 Å². The normalized spacial score (nSPS) is 12.7. The molecule has 0 saturated heterocycles. The quantitative estimate of drug-likeness (QED) is 0.163. The molecule has 0 aromatic heterocycles. The van der Waals surface area contributed by atoms with E-state index in [-0.39, 0.29) is 5.41 Å². The van der Waals surface area contributed by atoms with Gasteiger partial charge in [-0.05, 0) is 98.8 Å². The second-order valence-electron chi connectivity index (χ2n) is 15.0. The Bertz CT molecular complexity index is 2820. The molecule has 0 bridgehead atoms. The Balaban J connectivity index is 1.06. The van der Waals surface area contributed by atoms with Crippen LogP contribution >= 0.6 is 0 Å². The van der Waals surface area contributed by atoms with Gasteiger partial charge in [-0.2, -0.15) is 0 Å². The van der Waals surface area contributed by atoms with Gasteiger partial charge in [-0.15, -0.1) is 0 Å². The zero-order valence-electron chi connectivity index (χ0n) is 31.0. The summed E-state index contributed by atoms with van der Waals surface area (Å²) in [5, 5.41) is 4.90. The van der Waals surface area contributed by atoms with E-state index in [1.165, 1.54) is 66.3 Å². The van der Waals surface area contributed by atoms with Crippen molar-refractivity contribution >= 4 is 55.7 Å². The average Bonchev–Trinajstić information content (AvgIpc) is 3.48. The summed E-state index contributed by atoms with van der Waals surface area (Å²) in [6.07, 6.45) is 0. The molecule has 9 aromatic carbocycles. The van der Waals surface area contributed by atoms with Crippen LogP contribution in [0.4, 0.5) is 34.1 Å². The molecule has 0 unspecified atom stereocenters. The molecule has 0 N–H and O–H groups in total. The molecule has 0 aliphatic heterocycles. The highest BCUT2D eigenvalue weighted by Gasteiger charge is 2.38. The zero-order chi connectivity index (χ0) is 36.9. The first-order valence-corrected chi connectivity index (χ1v) is 19.1. The number of rotatable bonds is 7. The van der Waals surface area contributed by atoms with Crippen molar-refractivity contribution in [2.24, 2.45) is 0 Å². The highest BCUT2D eigenvalue weighted by molar-refractivity contribution is 6.01. The van der Waals surface area contributed by atoms with Gasteiger partial charge in [0.05, 0.1) is 17.1 Å². The summed E-state index contributed by atoms with van der Waals surface area (Å²) in [6, 6.07) is 75.0. The van der Waals surface area contributed by atoms with Gasteiger partial charge in [0.2, 0.25) is 0 Å². The average molecular weight is 705 g/mol. The van der Waals surface area contributed by atoms with Crippen LogP contribution in [0.1, 0.15) is 25.0 Å². The smallest absolute Gasteiger partial charge is 0.0540 e. The maximum Gasteiger partial charge on any atom is 0.0540 e. The molecule has 10 rings (SSSR count). The molecule has 0 radical (unpaired) electrons. The summed E-state index contributed by atoms with van der Waals surface area (Å²) in [4.78, 5) is 4.83. The van der Waals surface area contributed by atoms with Gasteiger partial charge in [0.25, 0.3) is 0 Å². The van der Waals surface area contributed by atoms with Crippen LogP contribution < -0.4 is 9.80 Å². The lowest BCUT2D eigenvalue weighted by atomic mass is 9.81. The number of hydrogen-bond acceptors (Lipinski definition) is 2. The standard InChI is InChI=1S/C53H40N2/c1-53(2)48-25-11-10-23-46(48)47-24-14-28-51(52(47)53)55(50-27-13-18-40-16-7-9-22-45(40)50)43-35-31-38(32-36-43)37-29-33-42(34-30-37)54(41-19-4-3-5-20-41)49-26-12-17-39-15-6-8-21-44(39)49/h3-36H,1-2H3. The van der Waals surface area contributed by atoms with Crippen LogP contribution in [0.2, 0.25) is 0 Å². The van der Waals surface area contributed by atoms with Crippen molar-refractivity contribution in [1.82, 2.24) is 0 Å². The third-order valence-electron chi connectivity index (χ3n) is 11.4. The van der Waals surface area contributed by atoms with Gasteiger partial charge in [-0.1, -0.05) is 166 Å². The molecule has 0 saturated carbocycles. The summed E-state index contributed by atoms with van der Waals surface area (Å²) in [5.41, 5.74) is 14.5. The maximum absolute atomic E-state index is 2.48. The number of para-hydroxylation sites is 1. The molecule has 0 spiro atoms. The molecule has 0 amide bonds. The number of anilines is 6. The monoisotopic (exact) mass is 704 g/mol. The highest BCUT2D eigenvalue weighted by atomic mass is 15.2. The summed E-state index contributed by atoms with van der Waals surface area (Å²) in [7, 11) is 0. The first kappa shape index (κ1) is 32.7. The van der Waals surface area contributed by atoms with E-state index in [4.69, 9.17) is 0 Å². The zero-order valence-corrected chi connectivity index (χ0v) is 31.0. The summed E-state index contributed by atoms with van der Waals surface area (Å²) in [5.74, 6) is 0. The van der Waals surface area contributed by atoms with E-state index >= 15 is 0 Å². The molecule has 262 valence electrons. The third-order valence-corrected chi connectivity index (χ3v) is 11.4. The Hall–Kier alpha value is -6.90. The number of nitrogens with zero attached hydrogens (tertiary/aromatic N) is 2. The predicted octanol–water partition coefficient (Wildman–Crippen LogP) is 14.9. The molecule has 2 heteroatoms. The minimum Gasteiger partial charge on any atom is -0.310 e. The minimum absolute atomic E-state index is 0.160. The fourth-order valence-corrected chi connectivity index (χ4v) is 8.83. The van der Waals surface area contributed by atoms with Crippen molar-refractivity contribution in [3.05, 3.63) is 217 Å². The lowest BCUT2D eigenvalue weighted by Crippen LogP contribution is -2.20. The molecular weight excluding hydrogens is 665 g/mol. The van der Waals surface area contributed by atoms with E-state index in [0.717, 1.165) is 22.7 Å². The van der Waals surface area contributed by atoms with Crippen molar-refractivity contribution < 1.29 is 0 Å². The lowest BCUT2D eigenvalue weighted by Gasteiger charge is -2.33. The van der Waals surface area contributed by atoms with E-state index in [0.29, 0.717) is 0 Å². The topological polar surface area (TPSA) is 6.48 Å². The Kier molecular flexibility index (Phi) is 7.85. The van der Waals surface area contributed by atoms with Crippen LogP contribution in [0.5, 0.6) is 0 Å². The highest BCUT2D eigenvalue weighted by Crippen LogP contribution is 2.54. The van der Waals surface area contributed by atoms with Crippen molar-refractivity contribution in [3.63, 3.8) is 0 Å². The molecule has 1 aliphatic rings. The Morgan fingerprint density at radius 3 is 1.40 bits per heavy atom. The van der Waals surface area contributed by atoms with Crippen LogP contribution in [0, 0.1) is 0 Å². The number of fused-ring (bicyclic) bond motifs is 5. The molecule has 0 atom stereocenters. The van der Waals surface area contributed by atoms with E-state index in [9.17, 15) is 0 Å². The fraction of sp³-hybridized carbons (Fsp3) is 0.0566. The molecule has 2 nitrogen and oxygen atoms in total. The van der Waals surface area contributed by atoms with Gasteiger partial charge in [-0.3, -0.25) is 0 Å². The number of benzene rings is 9. The van der Waals surface area contributed by atoms with E-state index in [1.54, 1.807) is 0 Å². The van der Waals surface area contributed by atoms with Gasteiger partial charge in [-0.25, -0.2) is 0 Å². The molecule has 1 aliphatic carbocycles. The number of hydrogen-bond donors (Lipinski definition) is 0. The maximum atomic E-state index is 2.48. The molecule has 0 heterocycles. The fourth-order valence-electron chi connectivity index (χ4n) is 8.83. The second-order valence-corrected chi connectivity index (χ2v) is 15.0. The van der Waals surface area contributed by atoms with E-state index in [2.05, 4.69) is 230 Å². The summed E-state index contributed by atoms with van der Waals surface area (Å²) in [6.45, 7) is 4.74. The molecular formula is C53H40N2. The van der Waals surface area contributed by atoms with Crippen LogP contribution in [0.25, 0.3) is 43.8 Å². The van der Waals surface area contributed by atoms with E-state index < -0.39 is 0 Å². The van der Waals surface area contributed by atoms with Crippen molar-refractivity contribution in [2.45, 2.75) is 19.3 Å². The van der Waals surface area contributed by atoms with E-state index in [1.807, 2.05) is 0 Å². The van der Waals surface area contributed by atoms with Crippen molar-refractivity contribution in [2.75, 3.05) is 9.80 Å².